The Morgan fingerprint density at radius 3 is 2.19 bits per heavy atom. The summed E-state index contributed by atoms with van der Waals surface area (Å²) in [4.78, 5) is 0. The van der Waals surface area contributed by atoms with E-state index in [9.17, 15) is 5.11 Å². The molecule has 0 saturated carbocycles. The van der Waals surface area contributed by atoms with Crippen LogP contribution < -0.4 is 4.74 Å². The molecule has 0 spiro atoms. The third-order valence-corrected chi connectivity index (χ3v) is 5.19. The largest absolute Gasteiger partial charge is 0.493 e. The molecule has 0 amide bonds. The Morgan fingerprint density at radius 2 is 1.54 bits per heavy atom. The van der Waals surface area contributed by atoms with Gasteiger partial charge in [-0.25, -0.2) is 0 Å². The van der Waals surface area contributed by atoms with Gasteiger partial charge in [0.25, 0.3) is 0 Å². The molecule has 0 aliphatic carbocycles. The number of hydrogen-bond donors (Lipinski definition) is 1. The maximum Gasteiger partial charge on any atom is 0.122 e. The quantitative estimate of drug-likeness (QED) is 0.508. The number of unbranched alkanes of at least 4 members (excludes halogenated alkanes) is 3. The lowest BCUT2D eigenvalue weighted by molar-refractivity contribution is 0.219. The van der Waals surface area contributed by atoms with E-state index in [0.29, 0.717) is 0 Å². The predicted molar refractivity (Wildman–Crippen MR) is 110 cm³/mol. The molecule has 0 bridgehead atoms. The fourth-order valence-corrected chi connectivity index (χ4v) is 3.22. The van der Waals surface area contributed by atoms with E-state index < -0.39 is 6.10 Å². The van der Waals surface area contributed by atoms with Crippen LogP contribution >= 0.6 is 0 Å². The van der Waals surface area contributed by atoms with Gasteiger partial charge in [-0.3, -0.25) is 0 Å². The monoisotopic (exact) mass is 354 g/mol. The summed E-state index contributed by atoms with van der Waals surface area (Å²) in [6.07, 6.45) is 6.46. The molecule has 26 heavy (non-hydrogen) atoms. The summed E-state index contributed by atoms with van der Waals surface area (Å²) < 4.78 is 5.88. The van der Waals surface area contributed by atoms with Gasteiger partial charge in [-0.1, -0.05) is 63.4 Å². The first-order chi connectivity index (χ1) is 12.6. The summed E-state index contributed by atoms with van der Waals surface area (Å²) in [5.74, 6) is 0.929. The van der Waals surface area contributed by atoms with Crippen molar-refractivity contribution >= 4 is 0 Å². The molecule has 2 rings (SSSR count). The first-order valence-corrected chi connectivity index (χ1v) is 10.1. The average molecular weight is 355 g/mol. The summed E-state index contributed by atoms with van der Waals surface area (Å²) in [7, 11) is 0. The van der Waals surface area contributed by atoms with Gasteiger partial charge in [0.1, 0.15) is 11.9 Å². The Balaban J connectivity index is 2.11. The Labute approximate surface area is 159 Å². The average Bonchev–Trinajstić information content (AvgIpc) is 2.66. The van der Waals surface area contributed by atoms with Crippen LogP contribution in [0.4, 0.5) is 0 Å². The van der Waals surface area contributed by atoms with Crippen molar-refractivity contribution < 1.29 is 9.84 Å². The van der Waals surface area contributed by atoms with Gasteiger partial charge in [0, 0.05) is 0 Å². The van der Waals surface area contributed by atoms with Crippen LogP contribution in [0.1, 0.15) is 79.9 Å². The fraction of sp³-hybridized carbons (Fsp3) is 0.500. The second-order valence-corrected chi connectivity index (χ2v) is 7.21. The van der Waals surface area contributed by atoms with Crippen molar-refractivity contribution in [1.29, 1.82) is 0 Å². The van der Waals surface area contributed by atoms with Crippen LogP contribution in [0.15, 0.2) is 36.4 Å². The molecule has 1 unspecified atom stereocenters. The van der Waals surface area contributed by atoms with Crippen LogP contribution in [0.2, 0.25) is 0 Å². The molecule has 2 aromatic carbocycles. The molecule has 142 valence electrons. The van der Waals surface area contributed by atoms with E-state index in [1.54, 1.807) is 0 Å². The van der Waals surface area contributed by atoms with E-state index in [4.69, 9.17) is 4.74 Å². The highest BCUT2D eigenvalue weighted by Crippen LogP contribution is 2.31. The molecular formula is C24H34O2. The van der Waals surface area contributed by atoms with E-state index in [0.717, 1.165) is 53.9 Å². The Bertz CT molecular complexity index is 673. The number of hydrogen-bond acceptors (Lipinski definition) is 2. The molecule has 0 radical (unpaired) electrons. The maximum atomic E-state index is 10.9. The summed E-state index contributed by atoms with van der Waals surface area (Å²) >= 11 is 0. The van der Waals surface area contributed by atoms with Gasteiger partial charge in [0.05, 0.1) is 6.61 Å². The van der Waals surface area contributed by atoms with Crippen LogP contribution in [-0.2, 0) is 6.42 Å². The Kier molecular flexibility index (Phi) is 8.18. The molecule has 0 aromatic heterocycles. The van der Waals surface area contributed by atoms with Gasteiger partial charge >= 0.3 is 0 Å². The van der Waals surface area contributed by atoms with E-state index in [2.05, 4.69) is 52.0 Å². The molecule has 0 fully saturated rings. The summed E-state index contributed by atoms with van der Waals surface area (Å²) in [5, 5.41) is 10.9. The van der Waals surface area contributed by atoms with E-state index in [1.165, 1.54) is 24.8 Å². The number of rotatable bonds is 10. The molecule has 0 saturated heterocycles. The van der Waals surface area contributed by atoms with Gasteiger partial charge in [0.2, 0.25) is 0 Å². The van der Waals surface area contributed by atoms with Crippen LogP contribution in [0.3, 0.4) is 0 Å². The van der Waals surface area contributed by atoms with Gasteiger partial charge in [-0.2, -0.15) is 0 Å². The summed E-state index contributed by atoms with van der Waals surface area (Å²) in [6.45, 7) is 9.28. The van der Waals surface area contributed by atoms with Crippen molar-refractivity contribution in [2.24, 2.45) is 0 Å². The molecule has 2 aromatic rings. The van der Waals surface area contributed by atoms with Crippen molar-refractivity contribution in [2.45, 2.75) is 72.3 Å². The van der Waals surface area contributed by atoms with Crippen LogP contribution in [-0.4, -0.2) is 11.7 Å². The van der Waals surface area contributed by atoms with Crippen LogP contribution in [0.25, 0.3) is 0 Å². The number of benzene rings is 2. The molecule has 1 atom stereocenters. The zero-order chi connectivity index (χ0) is 18.9. The zero-order valence-corrected chi connectivity index (χ0v) is 16.8. The first kappa shape index (κ1) is 20.5. The van der Waals surface area contributed by atoms with E-state index >= 15 is 0 Å². The predicted octanol–water partition coefficient (Wildman–Crippen LogP) is 6.30. The SMILES string of the molecule is CCCCCc1ccc(C(O)c2ccc(OCCCC)c(C)c2C)cc1. The van der Waals surface area contributed by atoms with Gasteiger partial charge in [-0.05, 0) is 67.0 Å². The lowest BCUT2D eigenvalue weighted by Crippen LogP contribution is -2.06. The van der Waals surface area contributed by atoms with Gasteiger partial charge in [-0.15, -0.1) is 0 Å². The topological polar surface area (TPSA) is 29.5 Å². The van der Waals surface area contributed by atoms with Crippen molar-refractivity contribution in [3.05, 3.63) is 64.2 Å². The number of aliphatic hydroxyl groups excluding tert-OH is 1. The highest BCUT2D eigenvalue weighted by atomic mass is 16.5. The lowest BCUT2D eigenvalue weighted by atomic mass is 9.93. The third-order valence-electron chi connectivity index (χ3n) is 5.19. The smallest absolute Gasteiger partial charge is 0.122 e. The number of aliphatic hydroxyl groups is 1. The van der Waals surface area contributed by atoms with Gasteiger partial charge < -0.3 is 9.84 Å². The molecule has 2 heteroatoms. The molecule has 0 aliphatic rings. The lowest BCUT2D eigenvalue weighted by Gasteiger charge is -2.19. The molecular weight excluding hydrogens is 320 g/mol. The zero-order valence-electron chi connectivity index (χ0n) is 16.8. The van der Waals surface area contributed by atoms with Crippen molar-refractivity contribution in [1.82, 2.24) is 0 Å². The maximum absolute atomic E-state index is 10.9. The minimum Gasteiger partial charge on any atom is -0.493 e. The highest BCUT2D eigenvalue weighted by molar-refractivity contribution is 5.46. The Hall–Kier alpha value is -1.80. The van der Waals surface area contributed by atoms with E-state index in [-0.39, 0.29) is 0 Å². The molecule has 1 N–H and O–H groups in total. The third kappa shape index (κ3) is 5.35. The Morgan fingerprint density at radius 1 is 0.846 bits per heavy atom. The van der Waals surface area contributed by atoms with E-state index in [1.807, 2.05) is 12.1 Å². The fourth-order valence-electron chi connectivity index (χ4n) is 3.22. The van der Waals surface area contributed by atoms with Gasteiger partial charge in [0.15, 0.2) is 0 Å². The van der Waals surface area contributed by atoms with Crippen molar-refractivity contribution in [3.63, 3.8) is 0 Å². The van der Waals surface area contributed by atoms with Crippen molar-refractivity contribution in [2.75, 3.05) is 6.61 Å². The minimum atomic E-state index is -0.594. The standard InChI is InChI=1S/C24H34O2/c1-5-7-9-10-20-11-13-21(14-12-20)24(25)22-15-16-23(19(4)18(22)3)26-17-8-6-2/h11-16,24-25H,5-10,17H2,1-4H3. The minimum absolute atomic E-state index is 0.594. The molecule has 2 nitrogen and oxygen atoms in total. The number of ether oxygens (including phenoxy) is 1. The molecule has 0 heterocycles. The number of aryl methyl sites for hydroxylation is 1. The first-order valence-electron chi connectivity index (χ1n) is 10.1. The second-order valence-electron chi connectivity index (χ2n) is 7.21. The second kappa shape index (κ2) is 10.4. The van der Waals surface area contributed by atoms with Crippen molar-refractivity contribution in [3.8, 4) is 5.75 Å². The normalized spacial score (nSPS) is 12.2. The summed E-state index contributed by atoms with van der Waals surface area (Å²) in [5.41, 5.74) is 5.49. The summed E-state index contributed by atoms with van der Waals surface area (Å²) in [6, 6.07) is 12.4. The van der Waals surface area contributed by atoms with Crippen LogP contribution in [0, 0.1) is 13.8 Å². The van der Waals surface area contributed by atoms with Crippen LogP contribution in [0.5, 0.6) is 5.75 Å². The highest BCUT2D eigenvalue weighted by Gasteiger charge is 2.16. The molecule has 0 aliphatic heterocycles.